The fourth-order valence-corrected chi connectivity index (χ4v) is 9.20. The van der Waals surface area contributed by atoms with Crippen molar-refractivity contribution in [1.29, 1.82) is 5.41 Å². The van der Waals surface area contributed by atoms with Crippen LogP contribution in [0.1, 0.15) is 63.5 Å². The summed E-state index contributed by atoms with van der Waals surface area (Å²) in [7, 11) is 0. The number of aromatic nitrogens is 3. The topological polar surface area (TPSA) is 119 Å². The van der Waals surface area contributed by atoms with Crippen molar-refractivity contribution in [2.24, 2.45) is 0 Å². The van der Waals surface area contributed by atoms with Gasteiger partial charge < -0.3 is 19.6 Å². The third kappa shape index (κ3) is 6.26. The highest BCUT2D eigenvalue weighted by Gasteiger charge is 2.46. The van der Waals surface area contributed by atoms with Crippen LogP contribution in [0.15, 0.2) is 54.7 Å². The van der Waals surface area contributed by atoms with E-state index in [0.717, 1.165) is 38.8 Å². The third-order valence-corrected chi connectivity index (χ3v) is 11.7. The molecule has 2 bridgehead atoms. The lowest BCUT2D eigenvalue weighted by atomic mass is 9.95. The molecule has 288 valence electrons. The van der Waals surface area contributed by atoms with Crippen molar-refractivity contribution in [2.45, 2.75) is 70.0 Å². The molecule has 0 saturated carbocycles. The summed E-state index contributed by atoms with van der Waals surface area (Å²) < 4.78 is 52.0. The maximum absolute atomic E-state index is 17.1. The van der Waals surface area contributed by atoms with Crippen LogP contribution in [0.5, 0.6) is 11.8 Å². The van der Waals surface area contributed by atoms with Gasteiger partial charge in [0.05, 0.1) is 28.6 Å². The number of anilines is 1. The predicted molar refractivity (Wildman–Crippen MR) is 209 cm³/mol. The van der Waals surface area contributed by atoms with Crippen molar-refractivity contribution in [3.05, 3.63) is 83.3 Å². The van der Waals surface area contributed by atoms with Gasteiger partial charge in [0.1, 0.15) is 46.7 Å². The lowest BCUT2D eigenvalue weighted by Crippen LogP contribution is -2.57. The fourth-order valence-electron chi connectivity index (χ4n) is 9.20. The molecule has 3 aromatic carbocycles. The Morgan fingerprint density at radius 3 is 2.39 bits per heavy atom. The Labute approximate surface area is 322 Å². The van der Waals surface area contributed by atoms with Gasteiger partial charge >= 0.3 is 6.01 Å². The van der Waals surface area contributed by atoms with Crippen molar-refractivity contribution in [3.63, 3.8) is 0 Å². The molecule has 4 aliphatic rings. The number of phenolic OH excluding ortho intramolecular Hbond substituents is 1. The second kappa shape index (κ2) is 14.7. The van der Waals surface area contributed by atoms with Crippen molar-refractivity contribution in [2.75, 3.05) is 37.7 Å². The van der Waals surface area contributed by atoms with E-state index in [1.165, 1.54) is 54.7 Å². The molecule has 13 heteroatoms. The maximum atomic E-state index is 17.1. The summed E-state index contributed by atoms with van der Waals surface area (Å²) >= 11 is 0. The number of amides is 1. The predicted octanol–water partition coefficient (Wildman–Crippen LogP) is 7.23. The molecule has 10 nitrogen and oxygen atoms in total. The first-order valence-electron chi connectivity index (χ1n) is 19.2. The highest BCUT2D eigenvalue weighted by Crippen LogP contribution is 2.42. The molecule has 0 spiro atoms. The zero-order valence-electron chi connectivity index (χ0n) is 31.3. The lowest BCUT2D eigenvalue weighted by Gasteiger charge is -2.42. The number of rotatable bonds is 7. The SMILES string of the molecule is C#Cc1c(F)ccc2cc(O)cc(-c3ncc4c(N5CC6CCC(C5)N6C(=O)C(=N)c5ccc(F)cc5)nc(OCC56CCCN5CCC6)nc4c3F)c12.CC. The molecule has 6 heterocycles. The molecular weight excluding hydrogens is 720 g/mol. The van der Waals surface area contributed by atoms with Gasteiger partial charge in [-0.2, -0.15) is 9.97 Å². The van der Waals surface area contributed by atoms with Gasteiger partial charge in [-0.05, 0) is 99.5 Å². The summed E-state index contributed by atoms with van der Waals surface area (Å²) in [5.41, 5.74) is -0.205. The van der Waals surface area contributed by atoms with Gasteiger partial charge in [-0.25, -0.2) is 13.2 Å². The highest BCUT2D eigenvalue weighted by atomic mass is 19.1. The molecule has 1 amide bonds. The van der Waals surface area contributed by atoms with Crippen LogP contribution < -0.4 is 9.64 Å². The summed E-state index contributed by atoms with van der Waals surface area (Å²) in [6.45, 7) is 7.05. The van der Waals surface area contributed by atoms with Crippen LogP contribution in [-0.4, -0.2) is 91.9 Å². The van der Waals surface area contributed by atoms with E-state index in [1.54, 1.807) is 4.90 Å². The summed E-state index contributed by atoms with van der Waals surface area (Å²) in [6, 6.07) is 10.2. The van der Waals surface area contributed by atoms with Crippen molar-refractivity contribution in [3.8, 4) is 35.4 Å². The largest absolute Gasteiger partial charge is 0.508 e. The quantitative estimate of drug-likeness (QED) is 0.132. The van der Waals surface area contributed by atoms with E-state index in [0.29, 0.717) is 54.7 Å². The normalized spacial score (nSPS) is 19.8. The molecule has 2 N–H and O–H groups in total. The summed E-state index contributed by atoms with van der Waals surface area (Å²) in [5.74, 6) is 0.243. The molecule has 4 fully saturated rings. The van der Waals surface area contributed by atoms with E-state index in [2.05, 4.69) is 20.8 Å². The average molecular weight is 762 g/mol. The van der Waals surface area contributed by atoms with Crippen molar-refractivity contribution < 1.29 is 27.8 Å². The molecule has 2 unspecified atom stereocenters. The first-order valence-corrected chi connectivity index (χ1v) is 19.2. The van der Waals surface area contributed by atoms with Crippen molar-refractivity contribution >= 4 is 39.1 Å². The number of phenols is 1. The standard InChI is InChI=1S/C41H36F3N7O3.C2H6/c1-2-29-32(43)12-7-24-17-28(52)18-30(33(24)29)36-34(44)37-31(19-46-36)38(48-40(47-37)54-22-41-13-3-15-50(41)16-4-14-41)49-20-26-10-11-27(21-49)51(26)39(53)35(45)23-5-8-25(42)9-6-23;1-2/h1,5-9,12,17-19,26-27,45,52H,3-4,10-11,13-16,20-22H2;1-2H3. The Hall–Kier alpha value is -5.74. The third-order valence-electron chi connectivity index (χ3n) is 11.7. The number of carbonyl (C=O) groups excluding carboxylic acids is 1. The van der Waals surface area contributed by atoms with Crippen LogP contribution in [0.25, 0.3) is 32.9 Å². The molecule has 0 radical (unpaired) electrons. The first-order chi connectivity index (χ1) is 27.1. The Kier molecular flexibility index (Phi) is 9.78. The van der Waals surface area contributed by atoms with Gasteiger partial charge in [-0.1, -0.05) is 25.8 Å². The monoisotopic (exact) mass is 761 g/mol. The minimum atomic E-state index is -0.814. The number of aromatic hydroxyl groups is 1. The highest BCUT2D eigenvalue weighted by molar-refractivity contribution is 6.44. The molecule has 2 aromatic heterocycles. The second-order valence-electron chi connectivity index (χ2n) is 14.8. The zero-order chi connectivity index (χ0) is 39.3. The first kappa shape index (κ1) is 37.2. The molecule has 0 aliphatic carbocycles. The van der Waals surface area contributed by atoms with E-state index < -0.39 is 23.4 Å². The number of nitrogens with zero attached hydrogens (tertiary/aromatic N) is 6. The number of piperazine rings is 1. The number of fused-ring (bicyclic) bond motifs is 5. The number of hydrogen-bond acceptors (Lipinski definition) is 9. The number of terminal acetylenes is 1. The minimum Gasteiger partial charge on any atom is -0.508 e. The minimum absolute atomic E-state index is 0.00161. The number of nitrogens with one attached hydrogen (secondary N) is 1. The van der Waals surface area contributed by atoms with Crippen LogP contribution in [0.2, 0.25) is 0 Å². The Bertz CT molecular complexity index is 2390. The van der Waals surface area contributed by atoms with Gasteiger partial charge in [0.25, 0.3) is 5.91 Å². The van der Waals surface area contributed by atoms with E-state index in [1.807, 2.05) is 18.7 Å². The number of hydrogen-bond donors (Lipinski definition) is 2. The van der Waals surface area contributed by atoms with Gasteiger partial charge in [-0.3, -0.25) is 20.1 Å². The number of ether oxygens (including phenoxy) is 1. The smallest absolute Gasteiger partial charge is 0.319 e. The van der Waals surface area contributed by atoms with Gasteiger partial charge in [0, 0.05) is 35.8 Å². The van der Waals surface area contributed by atoms with E-state index in [9.17, 15) is 18.7 Å². The number of pyridine rings is 1. The Morgan fingerprint density at radius 1 is 1.02 bits per heavy atom. The lowest BCUT2D eigenvalue weighted by molar-refractivity contribution is -0.127. The van der Waals surface area contributed by atoms with Gasteiger partial charge in [0.15, 0.2) is 5.82 Å². The van der Waals surface area contributed by atoms with Crippen LogP contribution in [0.4, 0.5) is 19.0 Å². The molecule has 5 aromatic rings. The maximum Gasteiger partial charge on any atom is 0.319 e. The summed E-state index contributed by atoms with van der Waals surface area (Å²) in [6.07, 6.45) is 12.7. The van der Waals surface area contributed by atoms with Gasteiger partial charge in [0.2, 0.25) is 0 Å². The van der Waals surface area contributed by atoms with E-state index >= 15 is 4.39 Å². The van der Waals surface area contributed by atoms with E-state index in [4.69, 9.17) is 21.6 Å². The van der Waals surface area contributed by atoms with Crippen LogP contribution in [0, 0.1) is 35.2 Å². The fraction of sp³-hybridized carbons (Fsp3) is 0.372. The molecule has 4 aliphatic heterocycles. The summed E-state index contributed by atoms with van der Waals surface area (Å²) in [5, 5.41) is 20.2. The average Bonchev–Trinajstić information content (AvgIpc) is 3.88. The Morgan fingerprint density at radius 2 is 1.71 bits per heavy atom. The zero-order valence-corrected chi connectivity index (χ0v) is 31.3. The number of halogens is 3. The molecule has 9 rings (SSSR count). The van der Waals surface area contributed by atoms with E-state index in [-0.39, 0.29) is 62.8 Å². The van der Waals surface area contributed by atoms with Crippen LogP contribution >= 0.6 is 0 Å². The molecule has 56 heavy (non-hydrogen) atoms. The van der Waals surface area contributed by atoms with Crippen LogP contribution in [-0.2, 0) is 4.79 Å². The second-order valence-corrected chi connectivity index (χ2v) is 14.8. The van der Waals surface area contributed by atoms with Crippen molar-refractivity contribution in [1.82, 2.24) is 24.8 Å². The van der Waals surface area contributed by atoms with Crippen LogP contribution in [0.3, 0.4) is 0 Å². The number of carbonyl (C=O) groups is 1. The van der Waals surface area contributed by atoms with Gasteiger partial charge in [-0.15, -0.1) is 6.42 Å². The summed E-state index contributed by atoms with van der Waals surface area (Å²) in [4.78, 5) is 33.9. The number of benzene rings is 3. The molecule has 4 saturated heterocycles. The molecular formula is C43H42F3N7O3. The Balaban J connectivity index is 0.00000217. The molecule has 2 atom stereocenters.